The predicted octanol–water partition coefficient (Wildman–Crippen LogP) is 3.76. The number of nitrogens with zero attached hydrogens (tertiary/aromatic N) is 4. The molecule has 0 bridgehead atoms. The first-order chi connectivity index (χ1) is 13.5. The van der Waals surface area contributed by atoms with Crippen molar-refractivity contribution in [3.05, 3.63) is 16.1 Å². The van der Waals surface area contributed by atoms with Crippen LogP contribution < -0.4 is 5.32 Å². The number of aliphatic imine (C=N–C) groups is 1. The van der Waals surface area contributed by atoms with Gasteiger partial charge in [-0.15, -0.1) is 11.3 Å². The number of guanidine groups is 1. The maximum absolute atomic E-state index is 4.93. The van der Waals surface area contributed by atoms with E-state index in [1.165, 1.54) is 56.0 Å². The predicted molar refractivity (Wildman–Crippen MR) is 120 cm³/mol. The van der Waals surface area contributed by atoms with E-state index in [1.54, 1.807) is 11.3 Å². The first-order valence-electron chi connectivity index (χ1n) is 11.2. The van der Waals surface area contributed by atoms with Crippen LogP contribution in [-0.2, 0) is 11.8 Å². The van der Waals surface area contributed by atoms with E-state index in [9.17, 15) is 0 Å². The second-order valence-electron chi connectivity index (χ2n) is 9.32. The molecule has 5 nitrogen and oxygen atoms in total. The van der Waals surface area contributed by atoms with Gasteiger partial charge in [0.05, 0.1) is 10.7 Å². The van der Waals surface area contributed by atoms with Gasteiger partial charge in [0.25, 0.3) is 0 Å². The van der Waals surface area contributed by atoms with E-state index in [-0.39, 0.29) is 5.41 Å². The van der Waals surface area contributed by atoms with Crippen molar-refractivity contribution in [2.24, 2.45) is 10.9 Å². The Bertz CT molecular complexity index is 627. The molecule has 158 valence electrons. The Hall–Kier alpha value is -1.14. The topological polar surface area (TPSA) is 43.8 Å². The Morgan fingerprint density at radius 3 is 2.71 bits per heavy atom. The Kier molecular flexibility index (Phi) is 7.75. The average Bonchev–Trinajstić information content (AvgIpc) is 3.31. The molecule has 1 aromatic rings. The van der Waals surface area contributed by atoms with Crippen LogP contribution in [0.15, 0.2) is 10.4 Å². The van der Waals surface area contributed by atoms with Crippen LogP contribution in [0.2, 0.25) is 0 Å². The lowest BCUT2D eigenvalue weighted by molar-refractivity contribution is 0.198. The molecule has 2 aliphatic heterocycles. The molecule has 0 saturated carbocycles. The van der Waals surface area contributed by atoms with Gasteiger partial charge in [-0.3, -0.25) is 4.99 Å². The summed E-state index contributed by atoms with van der Waals surface area (Å²) in [6.45, 7) is 16.7. The minimum atomic E-state index is 0.131. The third kappa shape index (κ3) is 6.18. The molecular formula is C22H39N5S. The highest BCUT2D eigenvalue weighted by Crippen LogP contribution is 2.24. The van der Waals surface area contributed by atoms with Crippen molar-refractivity contribution >= 4 is 17.3 Å². The van der Waals surface area contributed by atoms with Crippen molar-refractivity contribution in [3.8, 4) is 0 Å². The average molecular weight is 406 g/mol. The molecule has 0 aromatic carbocycles. The van der Waals surface area contributed by atoms with E-state index in [0.717, 1.165) is 44.5 Å². The normalized spacial score (nSPS) is 22.1. The second-order valence-corrected chi connectivity index (χ2v) is 10.3. The summed E-state index contributed by atoms with van der Waals surface area (Å²) in [5, 5.41) is 6.92. The standard InChI is InChI=1S/C22H39N5S/c1-5-23-21(24-11-9-20-25-19(17-28-20)22(2,3)4)27-14-10-18(16-27)15-26-12-7-6-8-13-26/h17-18H,5-16H2,1-4H3,(H,23,24). The molecule has 2 fully saturated rings. The molecule has 2 aliphatic rings. The summed E-state index contributed by atoms with van der Waals surface area (Å²) in [5.74, 6) is 1.88. The van der Waals surface area contributed by atoms with Crippen LogP contribution in [0, 0.1) is 5.92 Å². The summed E-state index contributed by atoms with van der Waals surface area (Å²) in [4.78, 5) is 14.9. The molecule has 0 spiro atoms. The summed E-state index contributed by atoms with van der Waals surface area (Å²) in [5.41, 5.74) is 1.33. The Labute approximate surface area is 175 Å². The maximum atomic E-state index is 4.93. The molecule has 1 atom stereocenters. The van der Waals surface area contributed by atoms with Gasteiger partial charge in [0.15, 0.2) is 5.96 Å². The van der Waals surface area contributed by atoms with Crippen molar-refractivity contribution in [1.29, 1.82) is 0 Å². The van der Waals surface area contributed by atoms with Crippen LogP contribution >= 0.6 is 11.3 Å². The lowest BCUT2D eigenvalue weighted by atomic mass is 9.93. The molecule has 1 unspecified atom stereocenters. The van der Waals surface area contributed by atoms with Crippen molar-refractivity contribution in [3.63, 3.8) is 0 Å². The molecule has 3 rings (SSSR count). The second kappa shape index (κ2) is 10.1. The Morgan fingerprint density at radius 1 is 1.25 bits per heavy atom. The fourth-order valence-corrected chi connectivity index (χ4v) is 5.15. The van der Waals surface area contributed by atoms with Gasteiger partial charge in [-0.1, -0.05) is 27.2 Å². The fraction of sp³-hybridized carbons (Fsp3) is 0.818. The van der Waals surface area contributed by atoms with Crippen molar-refractivity contribution in [2.45, 2.75) is 65.2 Å². The van der Waals surface area contributed by atoms with Gasteiger partial charge in [-0.2, -0.15) is 0 Å². The van der Waals surface area contributed by atoms with Crippen molar-refractivity contribution in [1.82, 2.24) is 20.1 Å². The third-order valence-corrected chi connectivity index (χ3v) is 6.70. The number of piperidine rings is 1. The summed E-state index contributed by atoms with van der Waals surface area (Å²) in [6.07, 6.45) is 6.41. The smallest absolute Gasteiger partial charge is 0.193 e. The molecular weight excluding hydrogens is 366 g/mol. The van der Waals surface area contributed by atoms with Crippen molar-refractivity contribution < 1.29 is 0 Å². The molecule has 6 heteroatoms. The highest BCUT2D eigenvalue weighted by atomic mass is 32.1. The molecule has 1 N–H and O–H groups in total. The molecule has 3 heterocycles. The largest absolute Gasteiger partial charge is 0.357 e. The van der Waals surface area contributed by atoms with Gasteiger partial charge >= 0.3 is 0 Å². The zero-order chi connectivity index (χ0) is 20.0. The summed E-state index contributed by atoms with van der Waals surface area (Å²) < 4.78 is 0. The highest BCUT2D eigenvalue weighted by molar-refractivity contribution is 7.09. The van der Waals surface area contributed by atoms with E-state index in [1.807, 2.05) is 0 Å². The number of aromatic nitrogens is 1. The minimum Gasteiger partial charge on any atom is -0.357 e. The summed E-state index contributed by atoms with van der Waals surface area (Å²) in [6, 6.07) is 0. The number of thiazole rings is 1. The van der Waals surface area contributed by atoms with Crippen LogP contribution in [0.25, 0.3) is 0 Å². The molecule has 0 aliphatic carbocycles. The molecule has 2 saturated heterocycles. The summed E-state index contributed by atoms with van der Waals surface area (Å²) >= 11 is 1.77. The molecule has 1 aromatic heterocycles. The van der Waals surface area contributed by atoms with Crippen LogP contribution in [0.5, 0.6) is 0 Å². The van der Waals surface area contributed by atoms with Crippen LogP contribution in [0.4, 0.5) is 0 Å². The van der Waals surface area contributed by atoms with Crippen LogP contribution in [-0.4, -0.2) is 66.6 Å². The van der Waals surface area contributed by atoms with Crippen LogP contribution in [0.1, 0.15) is 64.1 Å². The van der Waals surface area contributed by atoms with Gasteiger partial charge in [0.1, 0.15) is 0 Å². The molecule has 28 heavy (non-hydrogen) atoms. The monoisotopic (exact) mass is 405 g/mol. The first kappa shape index (κ1) is 21.6. The fourth-order valence-electron chi connectivity index (χ4n) is 4.13. The number of rotatable bonds is 6. The van der Waals surface area contributed by atoms with Gasteiger partial charge in [-0.25, -0.2) is 4.98 Å². The zero-order valence-electron chi connectivity index (χ0n) is 18.3. The lowest BCUT2D eigenvalue weighted by Crippen LogP contribution is -2.41. The SMILES string of the molecule is CCNC(=NCCc1nc(C(C)(C)C)cs1)N1CCC(CN2CCCCC2)C1. The van der Waals surface area contributed by atoms with Crippen molar-refractivity contribution in [2.75, 3.05) is 45.8 Å². The van der Waals surface area contributed by atoms with Gasteiger partial charge in [0, 0.05) is 49.9 Å². The highest BCUT2D eigenvalue weighted by Gasteiger charge is 2.27. The van der Waals surface area contributed by atoms with E-state index in [2.05, 4.69) is 48.2 Å². The zero-order valence-corrected chi connectivity index (χ0v) is 19.2. The maximum Gasteiger partial charge on any atom is 0.193 e. The third-order valence-electron chi connectivity index (χ3n) is 5.79. The minimum absolute atomic E-state index is 0.131. The number of nitrogens with one attached hydrogen (secondary N) is 1. The summed E-state index contributed by atoms with van der Waals surface area (Å²) in [7, 11) is 0. The van der Waals surface area contributed by atoms with Gasteiger partial charge < -0.3 is 15.1 Å². The van der Waals surface area contributed by atoms with E-state index in [4.69, 9.17) is 9.98 Å². The molecule has 0 radical (unpaired) electrons. The quantitative estimate of drug-likeness (QED) is 0.578. The lowest BCUT2D eigenvalue weighted by Gasteiger charge is -2.29. The number of likely N-dealkylation sites (tertiary alicyclic amines) is 2. The van der Waals surface area contributed by atoms with Crippen LogP contribution in [0.3, 0.4) is 0 Å². The number of hydrogen-bond acceptors (Lipinski definition) is 4. The number of hydrogen-bond donors (Lipinski definition) is 1. The molecule has 0 amide bonds. The van der Waals surface area contributed by atoms with Gasteiger partial charge in [-0.05, 0) is 45.2 Å². The van der Waals surface area contributed by atoms with E-state index < -0.39 is 0 Å². The van der Waals surface area contributed by atoms with E-state index in [0.29, 0.717) is 0 Å². The Morgan fingerprint density at radius 2 is 2.04 bits per heavy atom. The Balaban J connectivity index is 1.50. The van der Waals surface area contributed by atoms with Gasteiger partial charge in [0.2, 0.25) is 0 Å². The first-order valence-corrected chi connectivity index (χ1v) is 12.0. The van der Waals surface area contributed by atoms with E-state index >= 15 is 0 Å².